The molecule has 0 saturated carbocycles. The minimum Gasteiger partial charge on any atom is -0.497 e. The van der Waals surface area contributed by atoms with Crippen LogP contribution in [0.5, 0.6) is 11.5 Å². The molecule has 2 heterocycles. The van der Waals surface area contributed by atoms with Gasteiger partial charge in [-0.05, 0) is 38.1 Å². The summed E-state index contributed by atoms with van der Waals surface area (Å²) in [6, 6.07) is 10.6. The molecule has 0 atom stereocenters. The molecule has 0 unspecified atom stereocenters. The maximum absolute atomic E-state index is 13.8. The molecular formula is C36H48N6O6. The Labute approximate surface area is 282 Å². The lowest BCUT2D eigenvalue weighted by atomic mass is 9.90. The second-order valence-corrected chi connectivity index (χ2v) is 13.9. The maximum atomic E-state index is 13.8. The molecule has 0 spiro atoms. The van der Waals surface area contributed by atoms with E-state index < -0.39 is 10.8 Å². The Bertz CT molecular complexity index is 1710. The maximum Gasteiger partial charge on any atom is 0.242 e. The number of carbonyl (C=O) groups excluding carboxylic acids is 4. The predicted molar refractivity (Wildman–Crippen MR) is 185 cm³/mol. The first-order valence-electron chi connectivity index (χ1n) is 16.3. The third-order valence-corrected chi connectivity index (χ3v) is 8.37. The van der Waals surface area contributed by atoms with Crippen LogP contribution in [0, 0.1) is 10.8 Å². The number of methoxy groups -OCH3 is 2. The summed E-state index contributed by atoms with van der Waals surface area (Å²) in [6.45, 7) is 15.8. The number of imidazole rings is 2. The Morgan fingerprint density at radius 3 is 1.29 bits per heavy atom. The number of amides is 2. The van der Waals surface area contributed by atoms with E-state index in [4.69, 9.17) is 9.47 Å². The van der Waals surface area contributed by atoms with Gasteiger partial charge in [-0.15, -0.1) is 0 Å². The van der Waals surface area contributed by atoms with Crippen molar-refractivity contribution < 1.29 is 28.7 Å². The van der Waals surface area contributed by atoms with Gasteiger partial charge in [0.15, 0.2) is 11.6 Å². The average Bonchev–Trinajstić information content (AvgIpc) is 3.58. The van der Waals surface area contributed by atoms with E-state index in [1.165, 1.54) is 0 Å². The Balaban J connectivity index is 1.57. The summed E-state index contributed by atoms with van der Waals surface area (Å²) in [5, 5.41) is 0. The molecule has 0 aliphatic carbocycles. The van der Waals surface area contributed by atoms with E-state index in [1.807, 2.05) is 55.4 Å². The van der Waals surface area contributed by atoms with Crippen LogP contribution in [0.4, 0.5) is 0 Å². The molecule has 0 saturated heterocycles. The molecule has 4 aromatic rings. The number of Topliss-reactive ketones (excluding diaryl/α,β-unsaturated/α-hetero) is 2. The Morgan fingerprint density at radius 1 is 0.646 bits per heavy atom. The largest absolute Gasteiger partial charge is 0.497 e. The van der Waals surface area contributed by atoms with Crippen molar-refractivity contribution in [2.45, 2.75) is 68.5 Å². The molecule has 0 aliphatic rings. The number of benzene rings is 2. The van der Waals surface area contributed by atoms with Gasteiger partial charge >= 0.3 is 0 Å². The molecule has 2 amide bonds. The minimum absolute atomic E-state index is 0.101. The van der Waals surface area contributed by atoms with Crippen LogP contribution >= 0.6 is 0 Å². The van der Waals surface area contributed by atoms with Crippen LogP contribution in [0.3, 0.4) is 0 Å². The van der Waals surface area contributed by atoms with Crippen LogP contribution in [0.2, 0.25) is 0 Å². The fraction of sp³-hybridized carbons (Fsp3) is 0.500. The molecule has 12 nitrogen and oxygen atoms in total. The number of rotatable bonds is 13. The molecule has 0 N–H and O–H groups in total. The van der Waals surface area contributed by atoms with Crippen molar-refractivity contribution in [3.05, 3.63) is 48.0 Å². The second kappa shape index (κ2) is 14.2. The zero-order valence-corrected chi connectivity index (χ0v) is 29.8. The quantitative estimate of drug-likeness (QED) is 0.178. The average molecular weight is 661 g/mol. The zero-order chi connectivity index (χ0) is 35.6. The number of ketones is 2. The van der Waals surface area contributed by atoms with Gasteiger partial charge in [-0.1, -0.05) is 41.5 Å². The van der Waals surface area contributed by atoms with Crippen LogP contribution in [-0.2, 0) is 22.7 Å². The number of ether oxygens (including phenoxy) is 2. The molecule has 0 bridgehead atoms. The Morgan fingerprint density at radius 2 is 1.00 bits per heavy atom. The molecular weight excluding hydrogens is 612 g/mol. The number of likely N-dealkylation sites (N-methyl/N-ethyl adjacent to an activating group) is 2. The SMILES string of the molecule is CCN(CCN(CC)C(=O)Cn1c(C(=O)C(C)(C)C)nc2ccc(OC)cc21)C(=O)Cn1c(C(=O)C(C)(C)C)nc2ccc(OC)cc21. The van der Waals surface area contributed by atoms with Gasteiger partial charge < -0.3 is 28.4 Å². The van der Waals surface area contributed by atoms with Crippen molar-refractivity contribution in [1.29, 1.82) is 0 Å². The summed E-state index contributed by atoms with van der Waals surface area (Å²) >= 11 is 0. The van der Waals surface area contributed by atoms with Gasteiger partial charge in [0.2, 0.25) is 23.4 Å². The molecule has 0 aliphatic heterocycles. The Hall–Kier alpha value is -4.74. The van der Waals surface area contributed by atoms with Crippen molar-refractivity contribution in [1.82, 2.24) is 28.9 Å². The third-order valence-electron chi connectivity index (χ3n) is 8.37. The van der Waals surface area contributed by atoms with E-state index in [0.717, 1.165) is 0 Å². The van der Waals surface area contributed by atoms with E-state index in [9.17, 15) is 19.2 Å². The van der Waals surface area contributed by atoms with E-state index in [1.54, 1.807) is 69.6 Å². The highest BCUT2D eigenvalue weighted by molar-refractivity contribution is 6.01. The van der Waals surface area contributed by atoms with Crippen molar-refractivity contribution in [3.63, 3.8) is 0 Å². The number of nitrogens with zero attached hydrogens (tertiary/aromatic N) is 6. The summed E-state index contributed by atoms with van der Waals surface area (Å²) in [5.41, 5.74) is 1.03. The fourth-order valence-electron chi connectivity index (χ4n) is 5.43. The van der Waals surface area contributed by atoms with Crippen LogP contribution in [-0.4, -0.2) is 92.7 Å². The smallest absolute Gasteiger partial charge is 0.242 e. The summed E-state index contributed by atoms with van der Waals surface area (Å²) in [6.07, 6.45) is 0. The van der Waals surface area contributed by atoms with Gasteiger partial charge in [-0.3, -0.25) is 19.2 Å². The third kappa shape index (κ3) is 7.53. The molecule has 0 radical (unpaired) electrons. The standard InChI is InChI=1S/C36H48N6O6/c1-11-39(29(43)21-41-27-19-23(47-9)13-15-25(27)37-33(41)31(45)35(3,4)5)17-18-40(12-2)30(44)22-42-28-20-24(48-10)14-16-26(28)38-34(42)32(46)36(6,7)8/h13-16,19-20H,11-12,17-18,21-22H2,1-10H3. The van der Waals surface area contributed by atoms with Gasteiger partial charge in [0.05, 0.1) is 36.3 Å². The summed E-state index contributed by atoms with van der Waals surface area (Å²) < 4.78 is 14.1. The molecule has 2 aromatic carbocycles. The lowest BCUT2D eigenvalue weighted by Crippen LogP contribution is -2.43. The molecule has 258 valence electrons. The monoisotopic (exact) mass is 660 g/mol. The lowest BCUT2D eigenvalue weighted by molar-refractivity contribution is -0.135. The van der Waals surface area contributed by atoms with Crippen molar-refractivity contribution in [2.24, 2.45) is 10.8 Å². The molecule has 12 heteroatoms. The zero-order valence-electron chi connectivity index (χ0n) is 29.8. The highest BCUT2D eigenvalue weighted by Crippen LogP contribution is 2.28. The minimum atomic E-state index is -0.707. The number of hydrogen-bond donors (Lipinski definition) is 0. The Kier molecular flexibility index (Phi) is 10.7. The van der Waals surface area contributed by atoms with Gasteiger partial charge in [0, 0.05) is 49.1 Å². The normalized spacial score (nSPS) is 12.0. The van der Waals surface area contributed by atoms with Crippen LogP contribution < -0.4 is 9.47 Å². The topological polar surface area (TPSA) is 129 Å². The van der Waals surface area contributed by atoms with Crippen LogP contribution in [0.1, 0.15) is 76.6 Å². The van der Waals surface area contributed by atoms with E-state index >= 15 is 0 Å². The first-order valence-corrected chi connectivity index (χ1v) is 16.3. The molecule has 0 fully saturated rings. The summed E-state index contributed by atoms with van der Waals surface area (Å²) in [5.74, 6) is 0.832. The predicted octanol–water partition coefficient (Wildman–Crippen LogP) is 5.26. The number of hydrogen-bond acceptors (Lipinski definition) is 8. The van der Waals surface area contributed by atoms with Gasteiger partial charge in [-0.2, -0.15) is 0 Å². The second-order valence-electron chi connectivity index (χ2n) is 13.9. The van der Waals surface area contributed by atoms with E-state index in [2.05, 4.69) is 9.97 Å². The van der Waals surface area contributed by atoms with Gasteiger partial charge in [0.25, 0.3) is 0 Å². The van der Waals surface area contributed by atoms with Gasteiger partial charge in [0.1, 0.15) is 24.6 Å². The van der Waals surface area contributed by atoms with Crippen molar-refractivity contribution in [2.75, 3.05) is 40.4 Å². The van der Waals surface area contributed by atoms with E-state index in [-0.39, 0.29) is 61.2 Å². The van der Waals surface area contributed by atoms with Crippen LogP contribution in [0.15, 0.2) is 36.4 Å². The number of fused-ring (bicyclic) bond motifs is 2. The fourth-order valence-corrected chi connectivity index (χ4v) is 5.43. The summed E-state index contributed by atoms with van der Waals surface area (Å²) in [7, 11) is 3.12. The number of aromatic nitrogens is 4. The highest BCUT2D eigenvalue weighted by Gasteiger charge is 2.31. The van der Waals surface area contributed by atoms with E-state index in [0.29, 0.717) is 46.7 Å². The molecule has 4 rings (SSSR count). The van der Waals surface area contributed by atoms with Crippen LogP contribution in [0.25, 0.3) is 22.1 Å². The molecule has 2 aromatic heterocycles. The highest BCUT2D eigenvalue weighted by atomic mass is 16.5. The summed E-state index contributed by atoms with van der Waals surface area (Å²) in [4.78, 5) is 66.9. The van der Waals surface area contributed by atoms with Gasteiger partial charge in [-0.25, -0.2) is 9.97 Å². The van der Waals surface area contributed by atoms with Crippen molar-refractivity contribution in [3.8, 4) is 11.5 Å². The lowest BCUT2D eigenvalue weighted by Gasteiger charge is -2.27. The molecule has 48 heavy (non-hydrogen) atoms. The first-order chi connectivity index (χ1) is 22.5. The van der Waals surface area contributed by atoms with Crippen molar-refractivity contribution >= 4 is 45.4 Å². The number of carbonyl (C=O) groups is 4. The first kappa shape index (κ1) is 36.1.